The van der Waals surface area contributed by atoms with Crippen molar-refractivity contribution in [2.24, 2.45) is 5.92 Å². The van der Waals surface area contributed by atoms with Gasteiger partial charge in [-0.2, -0.15) is 13.2 Å². The second kappa shape index (κ2) is 7.65. The highest BCUT2D eigenvalue weighted by molar-refractivity contribution is 7.99. The number of aromatic nitrogens is 1. The highest BCUT2D eigenvalue weighted by atomic mass is 32.2. The van der Waals surface area contributed by atoms with Crippen LogP contribution in [0.25, 0.3) is 0 Å². The van der Waals surface area contributed by atoms with E-state index in [-0.39, 0.29) is 11.5 Å². The third-order valence-corrected chi connectivity index (χ3v) is 4.37. The van der Waals surface area contributed by atoms with Crippen LogP contribution in [0.4, 0.5) is 23.2 Å². The molecule has 0 radical (unpaired) electrons. The molecule has 24 heavy (non-hydrogen) atoms. The van der Waals surface area contributed by atoms with Gasteiger partial charge in [0.1, 0.15) is 5.82 Å². The second-order valence-corrected chi connectivity index (χ2v) is 6.21. The van der Waals surface area contributed by atoms with Gasteiger partial charge in [0.25, 0.3) is 0 Å². The standard InChI is InChI=1S/C16H14F4N2OS/c1-10(9-24-14-4-2-12(17)3-5-14)15(23)22-13-6-11(7-21-8-13)16(18,19)20/h2-8,10H,9H2,1H3,(H,22,23). The number of thioether (sulfide) groups is 1. The number of carbonyl (C=O) groups is 1. The number of halogens is 4. The maximum absolute atomic E-state index is 12.8. The van der Waals surface area contributed by atoms with Crippen LogP contribution in [0.2, 0.25) is 0 Å². The minimum atomic E-state index is -4.52. The van der Waals surface area contributed by atoms with Crippen molar-refractivity contribution in [1.29, 1.82) is 0 Å². The van der Waals surface area contributed by atoms with Crippen LogP contribution in [0.3, 0.4) is 0 Å². The predicted molar refractivity (Wildman–Crippen MR) is 84.2 cm³/mol. The van der Waals surface area contributed by atoms with E-state index in [1.807, 2.05) is 0 Å². The van der Waals surface area contributed by atoms with Crippen molar-refractivity contribution in [3.63, 3.8) is 0 Å². The van der Waals surface area contributed by atoms with Crippen molar-refractivity contribution in [2.45, 2.75) is 18.0 Å². The molecule has 1 unspecified atom stereocenters. The molecule has 2 rings (SSSR count). The van der Waals surface area contributed by atoms with Crippen molar-refractivity contribution < 1.29 is 22.4 Å². The van der Waals surface area contributed by atoms with E-state index in [1.54, 1.807) is 19.1 Å². The lowest BCUT2D eigenvalue weighted by Gasteiger charge is -2.13. The van der Waals surface area contributed by atoms with Crippen molar-refractivity contribution in [3.05, 3.63) is 54.1 Å². The zero-order valence-corrected chi connectivity index (χ0v) is 13.4. The maximum atomic E-state index is 12.8. The average Bonchev–Trinajstić information content (AvgIpc) is 2.53. The molecule has 1 aromatic carbocycles. The van der Waals surface area contributed by atoms with Crippen molar-refractivity contribution in [2.75, 3.05) is 11.1 Å². The van der Waals surface area contributed by atoms with Crippen LogP contribution in [0.1, 0.15) is 12.5 Å². The van der Waals surface area contributed by atoms with Gasteiger partial charge in [-0.15, -0.1) is 11.8 Å². The van der Waals surface area contributed by atoms with Gasteiger partial charge in [0.05, 0.1) is 17.4 Å². The molecule has 0 fully saturated rings. The van der Waals surface area contributed by atoms with E-state index in [0.717, 1.165) is 17.2 Å². The van der Waals surface area contributed by atoms with Crippen LogP contribution in [-0.2, 0) is 11.0 Å². The van der Waals surface area contributed by atoms with E-state index >= 15 is 0 Å². The first-order chi connectivity index (χ1) is 11.3. The van der Waals surface area contributed by atoms with E-state index in [9.17, 15) is 22.4 Å². The van der Waals surface area contributed by atoms with Crippen molar-refractivity contribution >= 4 is 23.4 Å². The Morgan fingerprint density at radius 3 is 2.54 bits per heavy atom. The summed E-state index contributed by atoms with van der Waals surface area (Å²) in [6, 6.07) is 6.68. The molecule has 3 nitrogen and oxygen atoms in total. The van der Waals surface area contributed by atoms with E-state index < -0.39 is 23.6 Å². The van der Waals surface area contributed by atoms with Gasteiger partial charge in [-0.05, 0) is 30.3 Å². The molecule has 1 N–H and O–H groups in total. The van der Waals surface area contributed by atoms with Gasteiger partial charge >= 0.3 is 6.18 Å². The molecule has 0 spiro atoms. The molecule has 1 amide bonds. The van der Waals surface area contributed by atoms with Crippen LogP contribution < -0.4 is 5.32 Å². The molecule has 1 aromatic heterocycles. The van der Waals surface area contributed by atoms with Gasteiger partial charge < -0.3 is 5.32 Å². The molecule has 0 aliphatic rings. The Balaban J connectivity index is 1.93. The number of pyridine rings is 1. The fourth-order valence-electron chi connectivity index (χ4n) is 1.76. The summed E-state index contributed by atoms with van der Waals surface area (Å²) in [6.07, 6.45) is -2.66. The first kappa shape index (κ1) is 18.3. The lowest BCUT2D eigenvalue weighted by molar-refractivity contribution is -0.137. The van der Waals surface area contributed by atoms with E-state index in [4.69, 9.17) is 0 Å². The Kier molecular flexibility index (Phi) is 5.82. The highest BCUT2D eigenvalue weighted by Crippen LogP contribution is 2.30. The smallest absolute Gasteiger partial charge is 0.324 e. The predicted octanol–water partition coefficient (Wildman–Crippen LogP) is 4.61. The van der Waals surface area contributed by atoms with Gasteiger partial charge in [0.2, 0.25) is 5.91 Å². The highest BCUT2D eigenvalue weighted by Gasteiger charge is 2.31. The number of benzene rings is 1. The molecule has 128 valence electrons. The summed E-state index contributed by atoms with van der Waals surface area (Å²) in [6.45, 7) is 1.66. The van der Waals surface area contributed by atoms with Crippen LogP contribution >= 0.6 is 11.8 Å². The average molecular weight is 358 g/mol. The summed E-state index contributed by atoms with van der Waals surface area (Å²) in [7, 11) is 0. The molecule has 0 saturated carbocycles. The molecular formula is C16H14F4N2OS. The number of alkyl halides is 3. The second-order valence-electron chi connectivity index (χ2n) is 5.12. The summed E-state index contributed by atoms with van der Waals surface area (Å²) < 4.78 is 50.7. The minimum absolute atomic E-state index is 0.00606. The normalized spacial score (nSPS) is 12.7. The van der Waals surface area contributed by atoms with Crippen molar-refractivity contribution in [1.82, 2.24) is 4.98 Å². The first-order valence-corrected chi connectivity index (χ1v) is 7.96. The topological polar surface area (TPSA) is 42.0 Å². The third-order valence-electron chi connectivity index (χ3n) is 3.09. The quantitative estimate of drug-likeness (QED) is 0.627. The fourth-order valence-corrected chi connectivity index (χ4v) is 2.68. The summed E-state index contributed by atoms with van der Waals surface area (Å²) in [5, 5.41) is 2.42. The summed E-state index contributed by atoms with van der Waals surface area (Å²) in [5.41, 5.74) is -0.929. The minimum Gasteiger partial charge on any atom is -0.324 e. The largest absolute Gasteiger partial charge is 0.417 e. The Hall–Kier alpha value is -2.09. The SMILES string of the molecule is CC(CSc1ccc(F)cc1)C(=O)Nc1cncc(C(F)(F)F)c1. The molecular weight excluding hydrogens is 344 g/mol. The number of amides is 1. The molecule has 1 heterocycles. The molecule has 8 heteroatoms. The zero-order chi connectivity index (χ0) is 17.7. The number of nitrogens with zero attached hydrogens (tertiary/aromatic N) is 1. The van der Waals surface area contributed by atoms with Crippen LogP contribution in [-0.4, -0.2) is 16.6 Å². The van der Waals surface area contributed by atoms with Crippen LogP contribution in [0.15, 0.2) is 47.6 Å². The van der Waals surface area contributed by atoms with Gasteiger partial charge in [-0.3, -0.25) is 9.78 Å². The fraction of sp³-hybridized carbons (Fsp3) is 0.250. The summed E-state index contributed by atoms with van der Waals surface area (Å²) >= 11 is 1.36. The molecule has 0 aliphatic heterocycles. The number of hydrogen-bond donors (Lipinski definition) is 1. The van der Waals surface area contributed by atoms with Gasteiger partial charge in [-0.25, -0.2) is 4.39 Å². The molecule has 1 atom stereocenters. The number of rotatable bonds is 5. The summed E-state index contributed by atoms with van der Waals surface area (Å²) in [4.78, 5) is 16.3. The number of nitrogens with one attached hydrogen (secondary N) is 1. The molecule has 2 aromatic rings. The van der Waals surface area contributed by atoms with E-state index in [0.29, 0.717) is 11.9 Å². The lowest BCUT2D eigenvalue weighted by atomic mass is 10.2. The van der Waals surface area contributed by atoms with E-state index in [1.165, 1.54) is 23.9 Å². The Morgan fingerprint density at radius 1 is 1.25 bits per heavy atom. The Labute approximate surface area is 140 Å². The molecule has 0 saturated heterocycles. The number of carbonyl (C=O) groups excluding carboxylic acids is 1. The van der Waals surface area contributed by atoms with Gasteiger partial charge in [0.15, 0.2) is 0 Å². The van der Waals surface area contributed by atoms with Gasteiger partial charge in [0, 0.05) is 22.8 Å². The van der Waals surface area contributed by atoms with Crippen molar-refractivity contribution in [3.8, 4) is 0 Å². The molecule has 0 aliphatic carbocycles. The number of hydrogen-bond acceptors (Lipinski definition) is 3. The Bertz CT molecular complexity index is 704. The maximum Gasteiger partial charge on any atom is 0.417 e. The Morgan fingerprint density at radius 2 is 1.92 bits per heavy atom. The van der Waals surface area contributed by atoms with Gasteiger partial charge in [-0.1, -0.05) is 6.92 Å². The first-order valence-electron chi connectivity index (χ1n) is 6.97. The van der Waals surface area contributed by atoms with Crippen LogP contribution in [0, 0.1) is 11.7 Å². The zero-order valence-electron chi connectivity index (χ0n) is 12.6. The molecule has 0 bridgehead atoms. The number of anilines is 1. The lowest BCUT2D eigenvalue weighted by Crippen LogP contribution is -2.22. The monoisotopic (exact) mass is 358 g/mol. The van der Waals surface area contributed by atoms with E-state index in [2.05, 4.69) is 10.3 Å². The summed E-state index contributed by atoms with van der Waals surface area (Å²) in [5.74, 6) is -0.799. The third kappa shape index (κ3) is 5.23. The van der Waals surface area contributed by atoms with Crippen LogP contribution in [0.5, 0.6) is 0 Å².